The molecule has 0 aliphatic rings. The van der Waals surface area contributed by atoms with Gasteiger partial charge in [0.2, 0.25) is 0 Å². The van der Waals surface area contributed by atoms with Crippen LogP contribution in [0.3, 0.4) is 0 Å². The van der Waals surface area contributed by atoms with Gasteiger partial charge in [-0.1, -0.05) is 30.3 Å². The molecule has 0 saturated heterocycles. The summed E-state index contributed by atoms with van der Waals surface area (Å²) in [6.45, 7) is 0.366. The number of pyridine rings is 1. The number of hydrogen-bond acceptors (Lipinski definition) is 6. The van der Waals surface area contributed by atoms with E-state index in [-0.39, 0.29) is 5.69 Å². The van der Waals surface area contributed by atoms with E-state index in [1.54, 1.807) is 10.1 Å². The second-order valence-corrected chi connectivity index (χ2v) is 7.18. The quantitative estimate of drug-likeness (QED) is 0.572. The summed E-state index contributed by atoms with van der Waals surface area (Å²) in [6.07, 6.45) is 0. The molecular weight excluding hydrogens is 362 g/mol. The van der Waals surface area contributed by atoms with Crippen molar-refractivity contribution in [3.63, 3.8) is 0 Å². The lowest BCUT2D eigenvalue weighted by molar-refractivity contribution is 0.0691. The molecule has 0 atom stereocenters. The molecule has 3 heterocycles. The minimum Gasteiger partial charge on any atom is -0.476 e. The Hall–Kier alpha value is -3.26. The second-order valence-electron chi connectivity index (χ2n) is 6.24. The standard InChI is InChI=1S/C19H17N5O2S/c1-23(2)15-9-8-13-17(12-6-4-3-5-7-12)22-24(18(13)21-15)10-16-20-14(11-27-16)19(25)26/h3-9,11H,10H2,1-2H3,(H,25,26). The van der Waals surface area contributed by atoms with Gasteiger partial charge in [0.05, 0.1) is 6.54 Å². The van der Waals surface area contributed by atoms with Gasteiger partial charge in [-0.15, -0.1) is 11.3 Å². The fourth-order valence-electron chi connectivity index (χ4n) is 2.82. The molecule has 1 N–H and O–H groups in total. The Kier molecular flexibility index (Phi) is 4.33. The number of nitrogens with zero attached hydrogens (tertiary/aromatic N) is 5. The van der Waals surface area contributed by atoms with Gasteiger partial charge in [-0.2, -0.15) is 5.10 Å². The molecule has 0 saturated carbocycles. The molecule has 0 fully saturated rings. The normalized spacial score (nSPS) is 11.0. The van der Waals surface area contributed by atoms with Gasteiger partial charge in [-0.25, -0.2) is 19.4 Å². The third-order valence-electron chi connectivity index (χ3n) is 4.14. The van der Waals surface area contributed by atoms with E-state index in [0.717, 1.165) is 28.1 Å². The largest absolute Gasteiger partial charge is 0.476 e. The molecule has 136 valence electrons. The minimum absolute atomic E-state index is 0.0525. The predicted octanol–water partition coefficient (Wildman–Crippen LogP) is 3.37. The Morgan fingerprint density at radius 1 is 1.15 bits per heavy atom. The topological polar surface area (TPSA) is 84.1 Å². The lowest BCUT2D eigenvalue weighted by Crippen LogP contribution is -2.11. The van der Waals surface area contributed by atoms with E-state index >= 15 is 0 Å². The van der Waals surface area contributed by atoms with Crippen LogP contribution in [0.2, 0.25) is 0 Å². The highest BCUT2D eigenvalue weighted by molar-refractivity contribution is 7.09. The van der Waals surface area contributed by atoms with E-state index in [4.69, 9.17) is 15.2 Å². The molecule has 27 heavy (non-hydrogen) atoms. The maximum absolute atomic E-state index is 11.1. The highest BCUT2D eigenvalue weighted by Gasteiger charge is 2.17. The van der Waals surface area contributed by atoms with Gasteiger partial charge in [0.25, 0.3) is 0 Å². The molecule has 3 aromatic heterocycles. The van der Waals surface area contributed by atoms with Gasteiger partial charge >= 0.3 is 5.97 Å². The van der Waals surface area contributed by atoms with Crippen molar-refractivity contribution in [2.45, 2.75) is 6.54 Å². The van der Waals surface area contributed by atoms with Gasteiger partial charge < -0.3 is 10.0 Å². The number of rotatable bonds is 5. The van der Waals surface area contributed by atoms with Gasteiger partial charge in [-0.3, -0.25) is 0 Å². The highest BCUT2D eigenvalue weighted by Crippen LogP contribution is 2.29. The maximum Gasteiger partial charge on any atom is 0.355 e. The second kappa shape index (κ2) is 6.81. The Labute approximate surface area is 159 Å². The first-order chi connectivity index (χ1) is 13.0. The summed E-state index contributed by atoms with van der Waals surface area (Å²) in [7, 11) is 3.87. The van der Waals surface area contributed by atoms with Crippen LogP contribution in [0.4, 0.5) is 5.82 Å². The van der Waals surface area contributed by atoms with Crippen molar-refractivity contribution in [3.8, 4) is 11.3 Å². The van der Waals surface area contributed by atoms with Crippen LogP contribution in [0, 0.1) is 0 Å². The summed E-state index contributed by atoms with van der Waals surface area (Å²) in [5.74, 6) is -0.200. The number of aromatic carboxylic acids is 1. The van der Waals surface area contributed by atoms with Crippen molar-refractivity contribution < 1.29 is 9.90 Å². The van der Waals surface area contributed by atoms with E-state index in [0.29, 0.717) is 11.6 Å². The van der Waals surface area contributed by atoms with Crippen molar-refractivity contribution in [3.05, 3.63) is 58.5 Å². The van der Waals surface area contributed by atoms with Gasteiger partial charge in [-0.05, 0) is 12.1 Å². The number of hydrogen-bond donors (Lipinski definition) is 1. The van der Waals surface area contributed by atoms with Crippen LogP contribution in [0.1, 0.15) is 15.5 Å². The third-order valence-corrected chi connectivity index (χ3v) is 4.98. The van der Waals surface area contributed by atoms with Crippen LogP contribution < -0.4 is 4.90 Å². The lowest BCUT2D eigenvalue weighted by Gasteiger charge is -2.11. The molecule has 0 radical (unpaired) electrons. The average Bonchev–Trinajstić information content (AvgIpc) is 3.28. The zero-order chi connectivity index (χ0) is 19.0. The fraction of sp³-hybridized carbons (Fsp3) is 0.158. The van der Waals surface area contributed by atoms with Crippen molar-refractivity contribution in [2.24, 2.45) is 0 Å². The smallest absolute Gasteiger partial charge is 0.355 e. The first-order valence-corrected chi connectivity index (χ1v) is 9.19. The Bertz CT molecular complexity index is 1120. The summed E-state index contributed by atoms with van der Waals surface area (Å²) in [6, 6.07) is 13.9. The Morgan fingerprint density at radius 3 is 2.59 bits per heavy atom. The summed E-state index contributed by atoms with van der Waals surface area (Å²) in [5, 5.41) is 17.0. The number of carbonyl (C=O) groups is 1. The van der Waals surface area contributed by atoms with Crippen molar-refractivity contribution in [1.29, 1.82) is 0 Å². The molecule has 0 bridgehead atoms. The van der Waals surface area contributed by atoms with Crippen LogP contribution in [0.25, 0.3) is 22.3 Å². The number of carboxylic acids is 1. The third kappa shape index (κ3) is 3.26. The van der Waals surface area contributed by atoms with Crippen LogP contribution in [-0.4, -0.2) is 44.9 Å². The Morgan fingerprint density at radius 2 is 1.93 bits per heavy atom. The molecule has 0 aliphatic heterocycles. The molecule has 4 aromatic rings. The molecule has 4 rings (SSSR count). The van der Waals surface area contributed by atoms with E-state index in [2.05, 4.69) is 4.98 Å². The Balaban J connectivity index is 1.84. The van der Waals surface area contributed by atoms with Crippen LogP contribution >= 0.6 is 11.3 Å². The van der Waals surface area contributed by atoms with Gasteiger partial charge in [0.15, 0.2) is 11.3 Å². The van der Waals surface area contributed by atoms with Crippen molar-refractivity contribution in [1.82, 2.24) is 19.7 Å². The van der Waals surface area contributed by atoms with Crippen LogP contribution in [0.5, 0.6) is 0 Å². The van der Waals surface area contributed by atoms with Crippen molar-refractivity contribution in [2.75, 3.05) is 19.0 Å². The lowest BCUT2D eigenvalue weighted by atomic mass is 10.1. The van der Waals surface area contributed by atoms with E-state index < -0.39 is 5.97 Å². The fourth-order valence-corrected chi connectivity index (χ4v) is 3.57. The molecular formula is C19H17N5O2S. The summed E-state index contributed by atoms with van der Waals surface area (Å²) < 4.78 is 1.79. The number of fused-ring (bicyclic) bond motifs is 1. The molecule has 8 heteroatoms. The highest BCUT2D eigenvalue weighted by atomic mass is 32.1. The molecule has 0 amide bonds. The van der Waals surface area contributed by atoms with Crippen LogP contribution in [-0.2, 0) is 6.54 Å². The van der Waals surface area contributed by atoms with E-state index in [1.807, 2.05) is 61.5 Å². The molecule has 0 unspecified atom stereocenters. The van der Waals surface area contributed by atoms with E-state index in [9.17, 15) is 4.79 Å². The molecule has 1 aromatic carbocycles. The predicted molar refractivity (Wildman–Crippen MR) is 105 cm³/mol. The molecule has 7 nitrogen and oxygen atoms in total. The average molecular weight is 379 g/mol. The van der Waals surface area contributed by atoms with Crippen LogP contribution in [0.15, 0.2) is 47.8 Å². The number of anilines is 1. The minimum atomic E-state index is -1.03. The maximum atomic E-state index is 11.1. The van der Waals surface area contributed by atoms with Gasteiger partial charge in [0, 0.05) is 30.4 Å². The molecule has 0 aliphatic carbocycles. The van der Waals surface area contributed by atoms with E-state index in [1.165, 1.54) is 11.3 Å². The first-order valence-electron chi connectivity index (χ1n) is 8.31. The zero-order valence-corrected chi connectivity index (χ0v) is 15.6. The summed E-state index contributed by atoms with van der Waals surface area (Å²) >= 11 is 1.31. The summed E-state index contributed by atoms with van der Waals surface area (Å²) in [4.78, 5) is 21.9. The first kappa shape index (κ1) is 17.2. The SMILES string of the molecule is CN(C)c1ccc2c(-c3ccccc3)nn(Cc3nc(C(=O)O)cs3)c2n1. The number of carboxylic acid groups (broad SMARTS) is 1. The monoisotopic (exact) mass is 379 g/mol. The number of benzene rings is 1. The van der Waals surface area contributed by atoms with Crippen molar-refractivity contribution >= 4 is 34.2 Å². The number of thiazole rings is 1. The number of aromatic nitrogens is 4. The van der Waals surface area contributed by atoms with Gasteiger partial charge in [0.1, 0.15) is 16.5 Å². The summed E-state index contributed by atoms with van der Waals surface area (Å²) in [5.41, 5.74) is 2.65. The zero-order valence-electron chi connectivity index (χ0n) is 14.8. The molecule has 0 spiro atoms.